The largest absolute Gasteiger partial charge is 0.480 e. The van der Waals surface area contributed by atoms with Crippen LogP contribution in [0.15, 0.2) is 72.1 Å². The van der Waals surface area contributed by atoms with Crippen molar-refractivity contribution in [1.82, 2.24) is 0 Å². The fraction of sp³-hybridized carbons (Fsp3) is 0.0833. The zero-order valence-corrected chi connectivity index (χ0v) is 19.2. The lowest BCUT2D eigenvalue weighted by Crippen LogP contribution is -2.21. The Hall–Kier alpha value is -4.26. The quantitative estimate of drug-likeness (QED) is 0.208. The summed E-state index contributed by atoms with van der Waals surface area (Å²) in [6.07, 6.45) is 0. The number of allylic oxidation sites excluding steroid dienone is 1. The summed E-state index contributed by atoms with van der Waals surface area (Å²) in [4.78, 5) is 22.8. The first kappa shape index (κ1) is 23.9. The molecule has 1 aliphatic rings. The van der Waals surface area contributed by atoms with Crippen molar-refractivity contribution in [3.63, 3.8) is 0 Å². The average Bonchev–Trinajstić information content (AvgIpc) is 2.82. The van der Waals surface area contributed by atoms with Gasteiger partial charge in [0.1, 0.15) is 28.9 Å². The van der Waals surface area contributed by atoms with E-state index in [1.807, 2.05) is 6.07 Å². The number of carbonyl (C=O) groups is 1. The maximum atomic E-state index is 12.3. The fourth-order valence-corrected chi connectivity index (χ4v) is 3.98. The summed E-state index contributed by atoms with van der Waals surface area (Å²) in [5, 5.41) is 21.3. The van der Waals surface area contributed by atoms with E-state index in [0.717, 1.165) is 0 Å². The van der Waals surface area contributed by atoms with Crippen LogP contribution in [0.1, 0.15) is 17.0 Å². The molecule has 0 amide bonds. The second-order valence-corrected chi connectivity index (χ2v) is 8.15. The van der Waals surface area contributed by atoms with Gasteiger partial charge < -0.3 is 19.9 Å². The lowest BCUT2D eigenvalue weighted by molar-refractivity contribution is -0.384. The molecule has 1 aliphatic heterocycles. The average molecular weight is 512 g/mol. The molecule has 0 saturated heterocycles. The molecule has 11 heteroatoms. The minimum Gasteiger partial charge on any atom is -0.480 e. The summed E-state index contributed by atoms with van der Waals surface area (Å²) in [5.74, 6) is -0.723. The smallest absolute Gasteiger partial charge is 0.349 e. The number of halogens is 2. The molecule has 0 radical (unpaired) electrons. The standard InChI is InChI=1S/C24H15Cl2N3O6/c25-14-3-8-20(19(26)9-14)33-12-22(30)34-16-6-7-17-21(10-16)35-24(28)18(11-27)23(17)13-1-4-15(5-2-13)29(31)32/h1-10,23H,12,28H2. The molecular formula is C24H15Cl2N3O6. The first-order valence-electron chi connectivity index (χ1n) is 10.0. The number of hydrogen-bond donors (Lipinski definition) is 1. The van der Waals surface area contributed by atoms with Gasteiger partial charge in [-0.05, 0) is 29.8 Å². The van der Waals surface area contributed by atoms with E-state index in [9.17, 15) is 20.2 Å². The number of nitrogens with zero attached hydrogens (tertiary/aromatic N) is 2. The fourth-order valence-electron chi connectivity index (χ4n) is 3.52. The molecule has 0 bridgehead atoms. The highest BCUT2D eigenvalue weighted by Crippen LogP contribution is 2.43. The van der Waals surface area contributed by atoms with Gasteiger partial charge in [-0.15, -0.1) is 0 Å². The maximum Gasteiger partial charge on any atom is 0.349 e. The summed E-state index contributed by atoms with van der Waals surface area (Å²) in [6.45, 7) is -0.411. The molecular weight excluding hydrogens is 497 g/mol. The number of nitro benzene ring substituents is 1. The number of nitrogens with two attached hydrogens (primary N) is 1. The Labute approximate surface area is 209 Å². The van der Waals surface area contributed by atoms with Gasteiger partial charge in [0, 0.05) is 28.8 Å². The van der Waals surface area contributed by atoms with Crippen molar-refractivity contribution in [1.29, 1.82) is 5.26 Å². The van der Waals surface area contributed by atoms with Crippen LogP contribution in [0.5, 0.6) is 17.2 Å². The second kappa shape index (κ2) is 9.93. The predicted octanol–water partition coefficient (Wildman–Crippen LogP) is 5.10. The van der Waals surface area contributed by atoms with Crippen molar-refractivity contribution in [3.05, 3.63) is 103 Å². The molecule has 0 aromatic heterocycles. The molecule has 0 saturated carbocycles. The Balaban J connectivity index is 1.54. The molecule has 0 fully saturated rings. The molecule has 4 rings (SSSR count). The third kappa shape index (κ3) is 5.14. The molecule has 3 aromatic carbocycles. The Bertz CT molecular complexity index is 1400. The van der Waals surface area contributed by atoms with Crippen molar-refractivity contribution in [3.8, 4) is 23.3 Å². The van der Waals surface area contributed by atoms with Crippen LogP contribution in [-0.2, 0) is 4.79 Å². The summed E-state index contributed by atoms with van der Waals surface area (Å²) >= 11 is 11.9. The molecule has 1 heterocycles. The molecule has 35 heavy (non-hydrogen) atoms. The van der Waals surface area contributed by atoms with E-state index in [4.69, 9.17) is 43.1 Å². The Morgan fingerprint density at radius 3 is 2.54 bits per heavy atom. The number of non-ortho nitro benzene ring substituents is 1. The Morgan fingerprint density at radius 2 is 1.89 bits per heavy atom. The Kier molecular flexibility index (Phi) is 6.78. The minimum atomic E-state index is -0.695. The van der Waals surface area contributed by atoms with E-state index in [0.29, 0.717) is 16.1 Å². The van der Waals surface area contributed by atoms with Gasteiger partial charge in [0.15, 0.2) is 6.61 Å². The summed E-state index contributed by atoms with van der Waals surface area (Å²) in [5.41, 5.74) is 7.24. The van der Waals surface area contributed by atoms with Crippen LogP contribution in [0.25, 0.3) is 0 Å². The highest BCUT2D eigenvalue weighted by atomic mass is 35.5. The van der Waals surface area contributed by atoms with Gasteiger partial charge in [-0.2, -0.15) is 5.26 Å². The summed E-state index contributed by atoms with van der Waals surface area (Å²) in [6, 6.07) is 17.1. The summed E-state index contributed by atoms with van der Waals surface area (Å²) < 4.78 is 16.3. The number of fused-ring (bicyclic) bond motifs is 1. The number of nitriles is 1. The third-order valence-corrected chi connectivity index (χ3v) is 5.63. The van der Waals surface area contributed by atoms with Crippen LogP contribution >= 0.6 is 23.2 Å². The van der Waals surface area contributed by atoms with Crippen LogP contribution < -0.4 is 19.9 Å². The lowest BCUT2D eigenvalue weighted by Gasteiger charge is -2.26. The van der Waals surface area contributed by atoms with Gasteiger partial charge in [-0.25, -0.2) is 4.79 Å². The topological polar surface area (TPSA) is 138 Å². The zero-order chi connectivity index (χ0) is 25.1. The third-order valence-electron chi connectivity index (χ3n) is 5.10. The van der Waals surface area contributed by atoms with Gasteiger partial charge >= 0.3 is 5.97 Å². The first-order chi connectivity index (χ1) is 16.8. The molecule has 176 valence electrons. The summed E-state index contributed by atoms with van der Waals surface area (Å²) in [7, 11) is 0. The van der Waals surface area contributed by atoms with Gasteiger partial charge in [-0.1, -0.05) is 41.4 Å². The lowest BCUT2D eigenvalue weighted by atomic mass is 9.83. The number of nitro groups is 1. The van der Waals surface area contributed by atoms with Gasteiger partial charge in [0.05, 0.1) is 15.9 Å². The van der Waals surface area contributed by atoms with Gasteiger partial charge in [0.25, 0.3) is 5.69 Å². The SMILES string of the molecule is N#CC1=C(N)Oc2cc(OC(=O)COc3ccc(Cl)cc3Cl)ccc2C1c1ccc([N+](=O)[O-])cc1. The van der Waals surface area contributed by atoms with E-state index >= 15 is 0 Å². The zero-order valence-electron chi connectivity index (χ0n) is 17.7. The highest BCUT2D eigenvalue weighted by molar-refractivity contribution is 6.35. The molecule has 0 spiro atoms. The van der Waals surface area contributed by atoms with Gasteiger partial charge in [-0.3, -0.25) is 10.1 Å². The Morgan fingerprint density at radius 1 is 1.14 bits per heavy atom. The molecule has 1 atom stereocenters. The second-order valence-electron chi connectivity index (χ2n) is 7.31. The van der Waals surface area contributed by atoms with E-state index in [-0.39, 0.29) is 39.4 Å². The van der Waals surface area contributed by atoms with Crippen molar-refractivity contribution in [2.45, 2.75) is 5.92 Å². The normalized spacial score (nSPS) is 14.4. The number of hydrogen-bond acceptors (Lipinski definition) is 8. The van der Waals surface area contributed by atoms with Crippen molar-refractivity contribution < 1.29 is 23.9 Å². The molecule has 2 N–H and O–H groups in total. The van der Waals surface area contributed by atoms with Crippen molar-refractivity contribution in [2.24, 2.45) is 5.73 Å². The molecule has 3 aromatic rings. The van der Waals surface area contributed by atoms with Crippen LogP contribution in [0.2, 0.25) is 10.0 Å². The number of benzene rings is 3. The van der Waals surface area contributed by atoms with Crippen molar-refractivity contribution in [2.75, 3.05) is 6.61 Å². The number of carbonyl (C=O) groups excluding carboxylic acids is 1. The molecule has 0 aliphatic carbocycles. The first-order valence-corrected chi connectivity index (χ1v) is 10.8. The van der Waals surface area contributed by atoms with E-state index < -0.39 is 23.4 Å². The van der Waals surface area contributed by atoms with Crippen LogP contribution in [-0.4, -0.2) is 17.5 Å². The molecule has 1 unspecified atom stereocenters. The van der Waals surface area contributed by atoms with Crippen molar-refractivity contribution >= 4 is 34.9 Å². The van der Waals surface area contributed by atoms with Crippen LogP contribution in [0.3, 0.4) is 0 Å². The molecule has 9 nitrogen and oxygen atoms in total. The number of esters is 1. The number of ether oxygens (including phenoxy) is 3. The monoisotopic (exact) mass is 511 g/mol. The predicted molar refractivity (Wildman–Crippen MR) is 126 cm³/mol. The highest BCUT2D eigenvalue weighted by Gasteiger charge is 2.31. The number of rotatable bonds is 6. The van der Waals surface area contributed by atoms with Crippen LogP contribution in [0.4, 0.5) is 5.69 Å². The van der Waals surface area contributed by atoms with Crippen LogP contribution in [0, 0.1) is 21.4 Å². The van der Waals surface area contributed by atoms with E-state index in [2.05, 4.69) is 0 Å². The maximum absolute atomic E-state index is 12.3. The van der Waals surface area contributed by atoms with E-state index in [1.165, 1.54) is 36.4 Å². The van der Waals surface area contributed by atoms with E-state index in [1.54, 1.807) is 24.3 Å². The minimum absolute atomic E-state index is 0.0825. The van der Waals surface area contributed by atoms with Gasteiger partial charge in [0.2, 0.25) is 5.88 Å².